The molecule has 0 radical (unpaired) electrons. The van der Waals surface area contributed by atoms with E-state index in [1.54, 1.807) is 36.4 Å². The number of carbonyl (C=O) groups is 1. The standard InChI is InChI=1S/C14H14N6OS/c1-9-16-12(13(21)18-11-5-7-20(2)19-11)14(22-9)17-10-4-3-6-15-8-10/h3-8,17H,1-2H3,(H,18,19,21). The predicted octanol–water partition coefficient (Wildman–Crippen LogP) is 2.58. The summed E-state index contributed by atoms with van der Waals surface area (Å²) in [6, 6.07) is 5.43. The van der Waals surface area contributed by atoms with E-state index in [4.69, 9.17) is 0 Å². The van der Waals surface area contributed by atoms with Gasteiger partial charge in [-0.05, 0) is 19.1 Å². The molecule has 3 rings (SSSR count). The molecular formula is C14H14N6OS. The number of aromatic nitrogens is 4. The molecule has 0 atom stereocenters. The maximum atomic E-state index is 12.4. The number of hydrogen-bond acceptors (Lipinski definition) is 6. The number of rotatable bonds is 4. The largest absolute Gasteiger partial charge is 0.344 e. The molecule has 8 heteroatoms. The van der Waals surface area contributed by atoms with E-state index in [9.17, 15) is 4.79 Å². The van der Waals surface area contributed by atoms with E-state index >= 15 is 0 Å². The predicted molar refractivity (Wildman–Crippen MR) is 85.5 cm³/mol. The zero-order chi connectivity index (χ0) is 15.5. The molecular weight excluding hydrogens is 300 g/mol. The van der Waals surface area contributed by atoms with Gasteiger partial charge >= 0.3 is 0 Å². The third-order valence-electron chi connectivity index (χ3n) is 2.82. The zero-order valence-corrected chi connectivity index (χ0v) is 12.9. The fourth-order valence-electron chi connectivity index (χ4n) is 1.89. The number of nitrogens with one attached hydrogen (secondary N) is 2. The molecule has 0 spiro atoms. The lowest BCUT2D eigenvalue weighted by Crippen LogP contribution is -2.14. The van der Waals surface area contributed by atoms with Crippen molar-refractivity contribution >= 4 is 33.8 Å². The Morgan fingerprint density at radius 2 is 2.23 bits per heavy atom. The molecule has 0 fully saturated rings. The molecule has 3 aromatic heterocycles. The van der Waals surface area contributed by atoms with Crippen LogP contribution in [0.4, 0.5) is 16.5 Å². The van der Waals surface area contributed by atoms with Gasteiger partial charge in [-0.1, -0.05) is 0 Å². The van der Waals surface area contributed by atoms with Crippen LogP contribution in [0.2, 0.25) is 0 Å². The second-order valence-electron chi connectivity index (χ2n) is 4.61. The quantitative estimate of drug-likeness (QED) is 0.773. The number of hydrogen-bond donors (Lipinski definition) is 2. The van der Waals surface area contributed by atoms with Crippen LogP contribution < -0.4 is 10.6 Å². The summed E-state index contributed by atoms with van der Waals surface area (Å²) in [5, 5.41) is 11.5. The van der Waals surface area contributed by atoms with Crippen LogP contribution in [0.15, 0.2) is 36.8 Å². The summed E-state index contributed by atoms with van der Waals surface area (Å²) < 4.78 is 1.62. The van der Waals surface area contributed by atoms with Gasteiger partial charge in [0, 0.05) is 25.5 Å². The number of amides is 1. The highest BCUT2D eigenvalue weighted by Crippen LogP contribution is 2.28. The molecule has 0 aliphatic heterocycles. The Hall–Kier alpha value is -2.74. The highest BCUT2D eigenvalue weighted by Gasteiger charge is 2.18. The Bertz CT molecular complexity index is 795. The third kappa shape index (κ3) is 3.12. The summed E-state index contributed by atoms with van der Waals surface area (Å²) in [7, 11) is 1.79. The summed E-state index contributed by atoms with van der Waals surface area (Å²) in [6.07, 6.45) is 5.14. The normalized spacial score (nSPS) is 10.5. The molecule has 3 aromatic rings. The van der Waals surface area contributed by atoms with E-state index in [2.05, 4.69) is 25.7 Å². The average molecular weight is 314 g/mol. The van der Waals surface area contributed by atoms with Crippen molar-refractivity contribution < 1.29 is 4.79 Å². The van der Waals surface area contributed by atoms with Crippen LogP contribution in [0.25, 0.3) is 0 Å². The lowest BCUT2D eigenvalue weighted by Gasteiger charge is -2.05. The van der Waals surface area contributed by atoms with Gasteiger partial charge in [-0.25, -0.2) is 4.98 Å². The van der Waals surface area contributed by atoms with E-state index in [1.165, 1.54) is 11.3 Å². The second-order valence-corrected chi connectivity index (χ2v) is 5.81. The molecule has 112 valence electrons. The minimum Gasteiger partial charge on any atom is -0.344 e. The molecule has 0 saturated heterocycles. The smallest absolute Gasteiger partial charge is 0.278 e. The Labute approximate surface area is 131 Å². The van der Waals surface area contributed by atoms with Crippen LogP contribution in [-0.4, -0.2) is 25.7 Å². The van der Waals surface area contributed by atoms with Crippen molar-refractivity contribution in [3.05, 3.63) is 47.5 Å². The first kappa shape index (κ1) is 14.2. The molecule has 0 aliphatic rings. The zero-order valence-electron chi connectivity index (χ0n) is 12.1. The van der Waals surface area contributed by atoms with E-state index in [0.29, 0.717) is 16.5 Å². The van der Waals surface area contributed by atoms with E-state index in [1.807, 2.05) is 19.1 Å². The number of pyridine rings is 1. The van der Waals surface area contributed by atoms with Crippen LogP contribution in [0.5, 0.6) is 0 Å². The minimum atomic E-state index is -0.297. The Balaban J connectivity index is 1.82. The van der Waals surface area contributed by atoms with Gasteiger partial charge < -0.3 is 10.6 Å². The molecule has 0 unspecified atom stereocenters. The van der Waals surface area contributed by atoms with Crippen molar-refractivity contribution in [2.45, 2.75) is 6.92 Å². The lowest BCUT2D eigenvalue weighted by atomic mass is 10.3. The summed E-state index contributed by atoms with van der Waals surface area (Å²) in [4.78, 5) is 20.7. The highest BCUT2D eigenvalue weighted by molar-refractivity contribution is 7.16. The first-order valence-corrected chi connectivity index (χ1v) is 7.39. The van der Waals surface area contributed by atoms with E-state index in [0.717, 1.165) is 10.7 Å². The van der Waals surface area contributed by atoms with Crippen molar-refractivity contribution in [1.29, 1.82) is 0 Å². The Kier molecular flexibility index (Phi) is 3.84. The van der Waals surface area contributed by atoms with Gasteiger partial charge in [0.15, 0.2) is 11.5 Å². The van der Waals surface area contributed by atoms with Gasteiger partial charge in [-0.3, -0.25) is 14.5 Å². The first-order chi connectivity index (χ1) is 10.6. The maximum absolute atomic E-state index is 12.4. The lowest BCUT2D eigenvalue weighted by molar-refractivity contribution is 0.102. The Morgan fingerprint density at radius 1 is 1.36 bits per heavy atom. The van der Waals surface area contributed by atoms with E-state index < -0.39 is 0 Å². The van der Waals surface area contributed by atoms with Crippen LogP contribution >= 0.6 is 11.3 Å². The van der Waals surface area contributed by atoms with Crippen LogP contribution in [0.3, 0.4) is 0 Å². The summed E-state index contributed by atoms with van der Waals surface area (Å²) >= 11 is 1.42. The number of aryl methyl sites for hydroxylation is 2. The van der Waals surface area contributed by atoms with Gasteiger partial charge in [-0.15, -0.1) is 11.3 Å². The number of nitrogens with zero attached hydrogens (tertiary/aromatic N) is 4. The molecule has 0 saturated carbocycles. The number of thiazole rings is 1. The van der Waals surface area contributed by atoms with Gasteiger partial charge in [0.1, 0.15) is 5.00 Å². The molecule has 3 heterocycles. The minimum absolute atomic E-state index is 0.297. The summed E-state index contributed by atoms with van der Waals surface area (Å²) in [5.41, 5.74) is 1.15. The maximum Gasteiger partial charge on any atom is 0.278 e. The Morgan fingerprint density at radius 3 is 2.91 bits per heavy atom. The molecule has 1 amide bonds. The molecule has 7 nitrogen and oxygen atoms in total. The van der Waals surface area contributed by atoms with Crippen LogP contribution in [0, 0.1) is 6.92 Å². The fourth-order valence-corrected chi connectivity index (χ4v) is 2.73. The van der Waals surface area contributed by atoms with Crippen molar-refractivity contribution in [2.24, 2.45) is 7.05 Å². The van der Waals surface area contributed by atoms with Crippen molar-refractivity contribution in [3.8, 4) is 0 Å². The summed E-state index contributed by atoms with van der Waals surface area (Å²) in [6.45, 7) is 1.86. The highest BCUT2D eigenvalue weighted by atomic mass is 32.1. The molecule has 2 N–H and O–H groups in total. The van der Waals surface area contributed by atoms with Crippen LogP contribution in [-0.2, 0) is 7.05 Å². The molecule has 0 aromatic carbocycles. The van der Waals surface area contributed by atoms with Crippen molar-refractivity contribution in [1.82, 2.24) is 19.7 Å². The van der Waals surface area contributed by atoms with Gasteiger partial charge in [-0.2, -0.15) is 5.10 Å². The van der Waals surface area contributed by atoms with Crippen LogP contribution in [0.1, 0.15) is 15.5 Å². The van der Waals surface area contributed by atoms with Crippen molar-refractivity contribution in [3.63, 3.8) is 0 Å². The van der Waals surface area contributed by atoms with Gasteiger partial charge in [0.2, 0.25) is 0 Å². The average Bonchev–Trinajstić information content (AvgIpc) is 3.06. The second kappa shape index (κ2) is 5.94. The molecule has 22 heavy (non-hydrogen) atoms. The van der Waals surface area contributed by atoms with Gasteiger partial charge in [0.05, 0.1) is 16.9 Å². The van der Waals surface area contributed by atoms with E-state index in [-0.39, 0.29) is 5.91 Å². The fraction of sp³-hybridized carbons (Fsp3) is 0.143. The molecule has 0 aliphatic carbocycles. The monoisotopic (exact) mass is 314 g/mol. The SMILES string of the molecule is Cc1nc(C(=O)Nc2ccn(C)n2)c(Nc2cccnc2)s1. The third-order valence-corrected chi connectivity index (χ3v) is 3.71. The summed E-state index contributed by atoms with van der Waals surface area (Å²) in [5.74, 6) is 0.194. The number of carbonyl (C=O) groups excluding carboxylic acids is 1. The first-order valence-electron chi connectivity index (χ1n) is 6.57. The topological polar surface area (TPSA) is 84.7 Å². The van der Waals surface area contributed by atoms with Gasteiger partial charge in [0.25, 0.3) is 5.91 Å². The number of anilines is 3. The van der Waals surface area contributed by atoms with Crippen molar-refractivity contribution in [2.75, 3.05) is 10.6 Å². The molecule has 0 bridgehead atoms.